The molecule has 0 atom stereocenters. The molecule has 0 saturated heterocycles. The summed E-state index contributed by atoms with van der Waals surface area (Å²) in [5, 5.41) is 9.09. The second-order valence-electron chi connectivity index (χ2n) is 15.1. The Bertz CT molecular complexity index is 3550. The molecule has 10 aromatic carbocycles. The molecule has 0 saturated carbocycles. The van der Waals surface area contributed by atoms with Crippen molar-refractivity contribution in [2.75, 3.05) is 4.90 Å². The van der Waals surface area contributed by atoms with Crippen molar-refractivity contribution in [3.63, 3.8) is 0 Å². The molecular weight excluding hydrogens is 721 g/mol. The van der Waals surface area contributed by atoms with Gasteiger partial charge in [-0.05, 0) is 111 Å². The van der Waals surface area contributed by atoms with Crippen molar-refractivity contribution in [3.8, 4) is 33.7 Å². The van der Waals surface area contributed by atoms with Crippen LogP contribution in [0.2, 0.25) is 0 Å². The van der Waals surface area contributed by atoms with Gasteiger partial charge in [0.1, 0.15) is 16.7 Å². The summed E-state index contributed by atoms with van der Waals surface area (Å²) >= 11 is 0. The maximum atomic E-state index is 6.61. The van der Waals surface area contributed by atoms with Crippen LogP contribution in [-0.2, 0) is 0 Å². The maximum Gasteiger partial charge on any atom is 0.227 e. The van der Waals surface area contributed by atoms with E-state index in [2.05, 4.69) is 169 Å². The molecular formula is C55H34N2O2. The standard InChI is InChI=1S/C55H34N2O2/c1-3-11-35(12-4-1)40-15-9-16-43(33-40)57(42-28-25-36(26-29-42)45-18-10-20-50-53(45)47-17-7-8-19-49(47)58-50)44-30-31-46-41(34-44)24-23-37-21-22-38-27-32-48-54(52(38)51(37)46)59-55(56-48)39-13-5-2-6-14-39/h1-34H. The smallest absolute Gasteiger partial charge is 0.227 e. The fraction of sp³-hybridized carbons (Fsp3) is 0. The van der Waals surface area contributed by atoms with E-state index in [4.69, 9.17) is 13.8 Å². The zero-order valence-corrected chi connectivity index (χ0v) is 31.8. The van der Waals surface area contributed by atoms with Gasteiger partial charge in [-0.25, -0.2) is 4.98 Å². The third kappa shape index (κ3) is 5.49. The van der Waals surface area contributed by atoms with E-state index in [-0.39, 0.29) is 0 Å². The summed E-state index contributed by atoms with van der Waals surface area (Å²) in [7, 11) is 0. The van der Waals surface area contributed by atoms with E-state index in [1.165, 1.54) is 5.56 Å². The van der Waals surface area contributed by atoms with Crippen molar-refractivity contribution >= 4 is 82.4 Å². The second kappa shape index (κ2) is 13.3. The first kappa shape index (κ1) is 33.2. The van der Waals surface area contributed by atoms with Gasteiger partial charge in [0, 0.05) is 44.2 Å². The largest absolute Gasteiger partial charge is 0.456 e. The van der Waals surface area contributed by atoms with E-state index >= 15 is 0 Å². The summed E-state index contributed by atoms with van der Waals surface area (Å²) in [4.78, 5) is 7.28. The minimum atomic E-state index is 0.627. The van der Waals surface area contributed by atoms with Gasteiger partial charge in [-0.2, -0.15) is 0 Å². The molecule has 0 unspecified atom stereocenters. The molecule has 2 aromatic heterocycles. The Labute approximate surface area is 339 Å². The molecule has 0 spiro atoms. The van der Waals surface area contributed by atoms with Gasteiger partial charge in [0.25, 0.3) is 0 Å². The lowest BCUT2D eigenvalue weighted by molar-refractivity contribution is 0.623. The Balaban J connectivity index is 1.03. The number of hydrogen-bond donors (Lipinski definition) is 0. The molecule has 0 radical (unpaired) electrons. The average Bonchev–Trinajstić information content (AvgIpc) is 3.92. The minimum Gasteiger partial charge on any atom is -0.456 e. The van der Waals surface area contributed by atoms with Crippen LogP contribution in [0.25, 0.3) is 99.1 Å². The van der Waals surface area contributed by atoms with Crippen LogP contribution in [0.1, 0.15) is 0 Å². The van der Waals surface area contributed by atoms with Crippen LogP contribution in [0.4, 0.5) is 17.1 Å². The van der Waals surface area contributed by atoms with Crippen molar-refractivity contribution in [1.29, 1.82) is 0 Å². The molecule has 0 N–H and O–H groups in total. The monoisotopic (exact) mass is 754 g/mol. The average molecular weight is 755 g/mol. The normalized spacial score (nSPS) is 11.7. The first-order valence-electron chi connectivity index (χ1n) is 19.9. The van der Waals surface area contributed by atoms with Gasteiger partial charge in [-0.15, -0.1) is 0 Å². The van der Waals surface area contributed by atoms with Gasteiger partial charge in [0.15, 0.2) is 5.58 Å². The Kier molecular flexibility index (Phi) is 7.50. The Morgan fingerprint density at radius 3 is 1.83 bits per heavy atom. The lowest BCUT2D eigenvalue weighted by Gasteiger charge is -2.27. The van der Waals surface area contributed by atoms with Crippen molar-refractivity contribution in [2.45, 2.75) is 0 Å². The first-order valence-corrected chi connectivity index (χ1v) is 19.9. The fourth-order valence-corrected chi connectivity index (χ4v) is 8.89. The van der Waals surface area contributed by atoms with Gasteiger partial charge in [-0.1, -0.05) is 140 Å². The SMILES string of the molecule is c1ccc(-c2cccc(N(c3ccc(-c4cccc5oc6ccccc6c45)cc3)c3ccc4c(ccc5ccc6ccc7nc(-c8ccccc8)oc7c6c54)c3)c2)cc1. The van der Waals surface area contributed by atoms with Crippen LogP contribution in [0.3, 0.4) is 0 Å². The molecule has 12 aromatic rings. The molecule has 0 bridgehead atoms. The summed E-state index contributed by atoms with van der Waals surface area (Å²) in [5.74, 6) is 0.627. The van der Waals surface area contributed by atoms with Crippen LogP contribution in [0, 0.1) is 0 Å². The summed E-state index contributed by atoms with van der Waals surface area (Å²) in [6, 6.07) is 72.9. The van der Waals surface area contributed by atoms with Crippen LogP contribution in [0.5, 0.6) is 0 Å². The van der Waals surface area contributed by atoms with Gasteiger partial charge >= 0.3 is 0 Å². The van der Waals surface area contributed by atoms with Gasteiger partial charge in [0.05, 0.1) is 0 Å². The highest BCUT2D eigenvalue weighted by Crippen LogP contribution is 2.43. The molecule has 59 heavy (non-hydrogen) atoms. The molecule has 0 aliphatic carbocycles. The quantitative estimate of drug-likeness (QED) is 0.159. The van der Waals surface area contributed by atoms with E-state index in [0.717, 1.165) is 105 Å². The molecule has 0 amide bonds. The number of hydrogen-bond acceptors (Lipinski definition) is 4. The number of anilines is 3. The molecule has 0 aliphatic heterocycles. The second-order valence-corrected chi connectivity index (χ2v) is 15.1. The molecule has 0 fully saturated rings. The Morgan fingerprint density at radius 1 is 0.356 bits per heavy atom. The molecule has 276 valence electrons. The third-order valence-electron chi connectivity index (χ3n) is 11.6. The lowest BCUT2D eigenvalue weighted by atomic mass is 9.95. The maximum absolute atomic E-state index is 6.61. The number of nitrogens with zero attached hydrogens (tertiary/aromatic N) is 2. The molecule has 4 nitrogen and oxygen atoms in total. The van der Waals surface area contributed by atoms with E-state index in [0.29, 0.717) is 5.89 Å². The summed E-state index contributed by atoms with van der Waals surface area (Å²) < 4.78 is 12.9. The highest BCUT2D eigenvalue weighted by molar-refractivity contribution is 6.26. The van der Waals surface area contributed by atoms with Crippen molar-refractivity contribution in [3.05, 3.63) is 206 Å². The number of fused-ring (bicyclic) bond motifs is 10. The number of rotatable bonds is 6. The summed E-state index contributed by atoms with van der Waals surface area (Å²) in [6.45, 7) is 0. The number of aromatic nitrogens is 1. The van der Waals surface area contributed by atoms with E-state index in [9.17, 15) is 0 Å². The summed E-state index contributed by atoms with van der Waals surface area (Å²) in [6.07, 6.45) is 0. The van der Waals surface area contributed by atoms with Crippen LogP contribution in [-0.4, -0.2) is 4.98 Å². The zero-order valence-electron chi connectivity index (χ0n) is 31.8. The van der Waals surface area contributed by atoms with Crippen LogP contribution >= 0.6 is 0 Å². The van der Waals surface area contributed by atoms with Gasteiger partial charge in [-0.3, -0.25) is 0 Å². The predicted molar refractivity (Wildman–Crippen MR) is 245 cm³/mol. The van der Waals surface area contributed by atoms with Gasteiger partial charge < -0.3 is 13.7 Å². The Hall–Kier alpha value is -7.95. The van der Waals surface area contributed by atoms with Crippen molar-refractivity contribution < 1.29 is 8.83 Å². The molecule has 2 heterocycles. The number of para-hydroxylation sites is 1. The van der Waals surface area contributed by atoms with Crippen LogP contribution in [0.15, 0.2) is 215 Å². The molecule has 12 rings (SSSR count). The third-order valence-corrected chi connectivity index (χ3v) is 11.6. The highest BCUT2D eigenvalue weighted by Gasteiger charge is 2.19. The van der Waals surface area contributed by atoms with Gasteiger partial charge in [0.2, 0.25) is 5.89 Å². The fourth-order valence-electron chi connectivity index (χ4n) is 8.89. The van der Waals surface area contributed by atoms with Crippen molar-refractivity contribution in [2.24, 2.45) is 0 Å². The Morgan fingerprint density at radius 2 is 1.00 bits per heavy atom. The molecule has 0 aliphatic rings. The minimum absolute atomic E-state index is 0.627. The lowest BCUT2D eigenvalue weighted by Crippen LogP contribution is -2.10. The number of oxazole rings is 1. The van der Waals surface area contributed by atoms with Crippen molar-refractivity contribution in [1.82, 2.24) is 4.98 Å². The predicted octanol–water partition coefficient (Wildman–Crippen LogP) is 15.7. The highest BCUT2D eigenvalue weighted by atomic mass is 16.3. The topological polar surface area (TPSA) is 42.4 Å². The first-order chi connectivity index (χ1) is 29.2. The van der Waals surface area contributed by atoms with E-state index < -0.39 is 0 Å². The van der Waals surface area contributed by atoms with Crippen LogP contribution < -0.4 is 4.90 Å². The number of furan rings is 1. The zero-order chi connectivity index (χ0) is 38.9. The number of benzene rings is 10. The molecule has 4 heteroatoms. The van der Waals surface area contributed by atoms with E-state index in [1.54, 1.807) is 0 Å². The van der Waals surface area contributed by atoms with E-state index in [1.807, 2.05) is 42.5 Å². The summed E-state index contributed by atoms with van der Waals surface area (Å²) in [5.41, 5.74) is 12.2.